The first-order valence-corrected chi connectivity index (χ1v) is 11.8. The van der Waals surface area contributed by atoms with Crippen LogP contribution in [0.5, 0.6) is 5.75 Å². The normalized spacial score (nSPS) is 11.4. The maximum atomic E-state index is 11.8. The smallest absolute Gasteiger partial charge is 0.232 e. The van der Waals surface area contributed by atoms with Gasteiger partial charge in [-0.3, -0.25) is 9.78 Å². The molecule has 0 aliphatic rings. The molecule has 0 saturated carbocycles. The molecular formula is C21H24N8O3S. The van der Waals surface area contributed by atoms with Gasteiger partial charge in [-0.15, -0.1) is 0 Å². The van der Waals surface area contributed by atoms with Crippen LogP contribution in [0.1, 0.15) is 5.69 Å². The van der Waals surface area contributed by atoms with Crippen molar-refractivity contribution >= 4 is 33.1 Å². The molecule has 3 aromatic heterocycles. The topological polar surface area (TPSA) is 131 Å². The van der Waals surface area contributed by atoms with E-state index in [1.807, 2.05) is 26.2 Å². The minimum Gasteiger partial charge on any atom is -0.491 e. The molecule has 0 fully saturated rings. The van der Waals surface area contributed by atoms with E-state index in [0.717, 1.165) is 11.3 Å². The van der Waals surface area contributed by atoms with Crippen LogP contribution in [0.25, 0.3) is 11.3 Å². The van der Waals surface area contributed by atoms with Crippen molar-refractivity contribution in [1.82, 2.24) is 29.9 Å². The standard InChI is InChI=1S/C21H24N8O3S/c1-13-10-17(27-26-13)23-20-19(32-4)18(14-11-22-28(2)12-14)24-21(25-20)29(3)15-6-8-16(9-7-15)33(5,30)31/h6-12H,1-5H3,(H2,23,24,25,26,27). The second-order valence-corrected chi connectivity index (χ2v) is 9.56. The van der Waals surface area contributed by atoms with Crippen LogP contribution >= 0.6 is 0 Å². The molecule has 0 radical (unpaired) electrons. The second-order valence-electron chi connectivity index (χ2n) is 7.54. The molecule has 11 nitrogen and oxygen atoms in total. The number of aromatic nitrogens is 6. The Hall–Kier alpha value is -3.93. The van der Waals surface area contributed by atoms with Crippen molar-refractivity contribution in [2.45, 2.75) is 11.8 Å². The molecule has 3 heterocycles. The van der Waals surface area contributed by atoms with Gasteiger partial charge in [0.25, 0.3) is 0 Å². The number of hydrogen-bond donors (Lipinski definition) is 2. The number of sulfone groups is 1. The highest BCUT2D eigenvalue weighted by molar-refractivity contribution is 7.90. The van der Waals surface area contributed by atoms with Crippen LogP contribution in [-0.2, 0) is 16.9 Å². The number of H-pyrrole nitrogens is 1. The lowest BCUT2D eigenvalue weighted by atomic mass is 10.2. The van der Waals surface area contributed by atoms with Gasteiger partial charge in [0, 0.05) is 49.6 Å². The van der Waals surface area contributed by atoms with Gasteiger partial charge in [-0.2, -0.15) is 15.2 Å². The Kier molecular flexibility index (Phi) is 5.77. The van der Waals surface area contributed by atoms with E-state index in [4.69, 9.17) is 9.72 Å². The molecule has 0 aliphatic heterocycles. The molecule has 0 amide bonds. The predicted octanol–water partition coefficient (Wildman–Crippen LogP) is 2.83. The number of hydrogen-bond acceptors (Lipinski definition) is 9. The molecule has 0 spiro atoms. The van der Waals surface area contributed by atoms with Crippen LogP contribution in [0, 0.1) is 6.92 Å². The monoisotopic (exact) mass is 468 g/mol. The van der Waals surface area contributed by atoms with Gasteiger partial charge in [-0.1, -0.05) is 0 Å². The van der Waals surface area contributed by atoms with Crippen molar-refractivity contribution in [2.24, 2.45) is 7.05 Å². The van der Waals surface area contributed by atoms with Gasteiger partial charge < -0.3 is 15.0 Å². The minimum atomic E-state index is -3.29. The molecule has 0 bridgehead atoms. The van der Waals surface area contributed by atoms with Crippen LogP contribution in [-0.4, -0.2) is 58.8 Å². The van der Waals surface area contributed by atoms with Crippen molar-refractivity contribution in [3.63, 3.8) is 0 Å². The summed E-state index contributed by atoms with van der Waals surface area (Å²) in [7, 11) is 1.87. The van der Waals surface area contributed by atoms with Gasteiger partial charge in [0.1, 0.15) is 5.69 Å². The summed E-state index contributed by atoms with van der Waals surface area (Å²) in [5, 5.41) is 14.5. The van der Waals surface area contributed by atoms with E-state index in [-0.39, 0.29) is 4.90 Å². The van der Waals surface area contributed by atoms with Crippen molar-refractivity contribution in [3.05, 3.63) is 48.4 Å². The summed E-state index contributed by atoms with van der Waals surface area (Å²) < 4.78 is 30.9. The molecule has 12 heteroatoms. The Morgan fingerprint density at radius 1 is 1.18 bits per heavy atom. The molecule has 0 saturated heterocycles. The quantitative estimate of drug-likeness (QED) is 0.420. The van der Waals surface area contributed by atoms with Gasteiger partial charge in [0.2, 0.25) is 5.95 Å². The molecule has 4 rings (SSSR count). The van der Waals surface area contributed by atoms with E-state index in [9.17, 15) is 8.42 Å². The summed E-state index contributed by atoms with van der Waals surface area (Å²) in [6, 6.07) is 8.37. The lowest BCUT2D eigenvalue weighted by Gasteiger charge is -2.21. The fourth-order valence-corrected chi connectivity index (χ4v) is 3.87. The van der Waals surface area contributed by atoms with E-state index in [1.165, 1.54) is 6.26 Å². The first-order chi connectivity index (χ1) is 15.7. The van der Waals surface area contributed by atoms with E-state index >= 15 is 0 Å². The van der Waals surface area contributed by atoms with Gasteiger partial charge in [-0.25, -0.2) is 13.4 Å². The number of anilines is 4. The SMILES string of the molecule is COc1c(Nc2cc(C)[nH]n2)nc(N(C)c2ccc(S(C)(=O)=O)cc2)nc1-c1cnn(C)c1. The summed E-state index contributed by atoms with van der Waals surface area (Å²) in [5.41, 5.74) is 2.90. The Morgan fingerprint density at radius 3 is 2.45 bits per heavy atom. The summed E-state index contributed by atoms with van der Waals surface area (Å²) in [4.78, 5) is 11.4. The fraction of sp³-hybridized carbons (Fsp3) is 0.238. The molecule has 0 atom stereocenters. The van der Waals surface area contributed by atoms with E-state index in [1.54, 1.807) is 54.2 Å². The average molecular weight is 469 g/mol. The zero-order valence-corrected chi connectivity index (χ0v) is 19.7. The maximum absolute atomic E-state index is 11.8. The number of benzene rings is 1. The van der Waals surface area contributed by atoms with E-state index < -0.39 is 9.84 Å². The summed E-state index contributed by atoms with van der Waals surface area (Å²) in [6.07, 6.45) is 4.70. The molecule has 0 aliphatic carbocycles. The van der Waals surface area contributed by atoms with Gasteiger partial charge in [0.15, 0.2) is 27.2 Å². The highest BCUT2D eigenvalue weighted by atomic mass is 32.2. The molecule has 4 aromatic rings. The largest absolute Gasteiger partial charge is 0.491 e. The Labute approximate surface area is 191 Å². The summed E-state index contributed by atoms with van der Waals surface area (Å²) in [5.74, 6) is 1.81. The van der Waals surface area contributed by atoms with Crippen molar-refractivity contribution in [1.29, 1.82) is 0 Å². The highest BCUT2D eigenvalue weighted by Gasteiger charge is 2.21. The second kappa shape index (κ2) is 8.54. The van der Waals surface area contributed by atoms with E-state index in [2.05, 4.69) is 25.6 Å². The summed E-state index contributed by atoms with van der Waals surface area (Å²) in [6.45, 7) is 1.90. The Bertz CT molecular complexity index is 1390. The number of ether oxygens (including phenoxy) is 1. The Morgan fingerprint density at radius 2 is 1.91 bits per heavy atom. The van der Waals surface area contributed by atoms with Crippen molar-refractivity contribution in [2.75, 3.05) is 30.6 Å². The molecule has 0 unspecified atom stereocenters. The minimum absolute atomic E-state index is 0.239. The number of nitrogens with one attached hydrogen (secondary N) is 2. The number of aromatic amines is 1. The van der Waals surface area contributed by atoms with Crippen molar-refractivity contribution in [3.8, 4) is 17.0 Å². The van der Waals surface area contributed by atoms with Crippen LogP contribution < -0.4 is 15.0 Å². The molecule has 33 heavy (non-hydrogen) atoms. The molecule has 172 valence electrons. The number of rotatable bonds is 7. The lowest BCUT2D eigenvalue weighted by molar-refractivity contribution is 0.415. The third-order valence-corrected chi connectivity index (χ3v) is 6.07. The first-order valence-electron chi connectivity index (χ1n) is 9.93. The van der Waals surface area contributed by atoms with E-state index in [0.29, 0.717) is 34.7 Å². The molecule has 1 aromatic carbocycles. The number of aryl methyl sites for hydroxylation is 2. The fourth-order valence-electron chi connectivity index (χ4n) is 3.24. The number of methoxy groups -OCH3 is 1. The first kappa shape index (κ1) is 22.3. The third-order valence-electron chi connectivity index (χ3n) is 4.94. The maximum Gasteiger partial charge on any atom is 0.232 e. The van der Waals surface area contributed by atoms with Gasteiger partial charge in [-0.05, 0) is 31.2 Å². The zero-order valence-electron chi connectivity index (χ0n) is 18.9. The molecule has 2 N–H and O–H groups in total. The van der Waals surface area contributed by atoms with Gasteiger partial charge in [0.05, 0.1) is 18.2 Å². The van der Waals surface area contributed by atoms with Gasteiger partial charge >= 0.3 is 0 Å². The highest BCUT2D eigenvalue weighted by Crippen LogP contribution is 2.37. The van der Waals surface area contributed by atoms with Crippen LogP contribution in [0.3, 0.4) is 0 Å². The average Bonchev–Trinajstić information content (AvgIpc) is 3.40. The number of nitrogens with zero attached hydrogens (tertiary/aromatic N) is 6. The van der Waals surface area contributed by atoms with Crippen LogP contribution in [0.2, 0.25) is 0 Å². The lowest BCUT2D eigenvalue weighted by Crippen LogP contribution is -2.15. The third kappa shape index (κ3) is 4.65. The van der Waals surface area contributed by atoms with Crippen LogP contribution in [0.4, 0.5) is 23.3 Å². The molecular weight excluding hydrogens is 444 g/mol. The van der Waals surface area contributed by atoms with Crippen LogP contribution in [0.15, 0.2) is 47.6 Å². The predicted molar refractivity (Wildman–Crippen MR) is 125 cm³/mol. The Balaban J connectivity index is 1.82. The van der Waals surface area contributed by atoms with Crippen molar-refractivity contribution < 1.29 is 13.2 Å². The zero-order chi connectivity index (χ0) is 23.8. The summed E-state index contributed by atoms with van der Waals surface area (Å²) >= 11 is 0.